The van der Waals surface area contributed by atoms with Crippen molar-refractivity contribution in [1.82, 2.24) is 19.5 Å². The molecule has 56 heavy (non-hydrogen) atoms. The summed E-state index contributed by atoms with van der Waals surface area (Å²) in [6, 6.07) is 48.2. The number of hydrogen-bond donors (Lipinski definition) is 2. The number of anilines is 1. The first-order chi connectivity index (χ1) is 27.6. The van der Waals surface area contributed by atoms with Crippen LogP contribution in [0.15, 0.2) is 152 Å². The zero-order valence-corrected chi connectivity index (χ0v) is 31.4. The molecule has 1 fully saturated rings. The highest BCUT2D eigenvalue weighted by Crippen LogP contribution is 2.43. The van der Waals surface area contributed by atoms with Crippen molar-refractivity contribution in [2.24, 2.45) is 5.92 Å². The quantitative estimate of drug-likeness (QED) is 0.101. The predicted octanol–water partition coefficient (Wildman–Crippen LogP) is 7.97. The molecule has 10 nitrogen and oxygen atoms in total. The highest BCUT2D eigenvalue weighted by atomic mass is 16.6. The zero-order chi connectivity index (χ0) is 38.3. The van der Waals surface area contributed by atoms with Crippen LogP contribution < -0.4 is 14.8 Å². The Balaban J connectivity index is 1.18. The van der Waals surface area contributed by atoms with Crippen LogP contribution in [0.2, 0.25) is 0 Å². The van der Waals surface area contributed by atoms with Crippen LogP contribution in [0.25, 0.3) is 11.2 Å². The van der Waals surface area contributed by atoms with E-state index >= 15 is 0 Å². The van der Waals surface area contributed by atoms with Gasteiger partial charge in [0.2, 0.25) is 11.8 Å². The van der Waals surface area contributed by atoms with Gasteiger partial charge in [0.15, 0.2) is 11.2 Å². The third kappa shape index (κ3) is 7.46. The first-order valence-electron chi connectivity index (χ1n) is 18.8. The second-order valence-electron chi connectivity index (χ2n) is 14.0. The number of aromatic nitrogens is 4. The van der Waals surface area contributed by atoms with Gasteiger partial charge in [-0.05, 0) is 46.4 Å². The lowest BCUT2D eigenvalue weighted by Gasteiger charge is -2.37. The number of imidazole rings is 1. The van der Waals surface area contributed by atoms with Crippen molar-refractivity contribution in [3.8, 4) is 11.6 Å². The maximum Gasteiger partial charge on any atom is 0.246 e. The van der Waals surface area contributed by atoms with Crippen molar-refractivity contribution in [2.45, 2.75) is 43.4 Å². The van der Waals surface area contributed by atoms with Gasteiger partial charge in [-0.2, -0.15) is 9.97 Å². The third-order valence-electron chi connectivity index (χ3n) is 10.7. The van der Waals surface area contributed by atoms with Crippen LogP contribution in [0.1, 0.15) is 40.3 Å². The van der Waals surface area contributed by atoms with Gasteiger partial charge in [0.1, 0.15) is 11.3 Å². The molecule has 4 atom stereocenters. The van der Waals surface area contributed by atoms with Crippen LogP contribution in [0, 0.1) is 5.92 Å². The van der Waals surface area contributed by atoms with E-state index in [2.05, 4.69) is 41.7 Å². The van der Waals surface area contributed by atoms with E-state index in [9.17, 15) is 5.11 Å². The van der Waals surface area contributed by atoms with Gasteiger partial charge in [0, 0.05) is 5.92 Å². The van der Waals surface area contributed by atoms with E-state index in [1.54, 1.807) is 20.5 Å². The normalized spacial score (nSPS) is 18.2. The Bertz CT molecular complexity index is 2270. The molecule has 2 aromatic heterocycles. The number of hydrogen-bond acceptors (Lipinski definition) is 9. The summed E-state index contributed by atoms with van der Waals surface area (Å²) in [4.78, 5) is 14.8. The summed E-state index contributed by atoms with van der Waals surface area (Å²) >= 11 is 0. The zero-order valence-electron chi connectivity index (χ0n) is 31.4. The Labute approximate surface area is 326 Å². The van der Waals surface area contributed by atoms with E-state index in [1.807, 2.05) is 114 Å². The van der Waals surface area contributed by atoms with E-state index in [4.69, 9.17) is 33.9 Å². The Morgan fingerprint density at radius 3 is 1.86 bits per heavy atom. The lowest BCUT2D eigenvalue weighted by Crippen LogP contribution is -2.38. The maximum atomic E-state index is 12.1. The van der Waals surface area contributed by atoms with Gasteiger partial charge in [-0.25, -0.2) is 4.98 Å². The Morgan fingerprint density at radius 2 is 1.27 bits per heavy atom. The number of nitrogens with one attached hydrogen (secondary N) is 1. The Kier molecular flexibility index (Phi) is 11.0. The van der Waals surface area contributed by atoms with Crippen molar-refractivity contribution in [2.75, 3.05) is 26.1 Å². The number of fused-ring (bicyclic) bond motifs is 1. The van der Waals surface area contributed by atoms with Gasteiger partial charge in [-0.1, -0.05) is 133 Å². The molecule has 5 aromatic carbocycles. The average Bonchev–Trinajstić information content (AvgIpc) is 3.82. The highest BCUT2D eigenvalue weighted by molar-refractivity contribution is 5.78. The number of methoxy groups -OCH3 is 2. The van der Waals surface area contributed by atoms with Crippen molar-refractivity contribution < 1.29 is 24.1 Å². The van der Waals surface area contributed by atoms with Gasteiger partial charge in [0.25, 0.3) is 0 Å². The van der Waals surface area contributed by atoms with Gasteiger partial charge >= 0.3 is 0 Å². The fraction of sp³-hybridized carbons (Fsp3) is 0.239. The second-order valence-corrected chi connectivity index (χ2v) is 14.0. The summed E-state index contributed by atoms with van der Waals surface area (Å²) in [7, 11) is 3.24. The van der Waals surface area contributed by atoms with Crippen LogP contribution in [0.4, 0.5) is 5.95 Å². The minimum Gasteiger partial charge on any atom is -0.497 e. The molecular formula is C46H45N5O5. The summed E-state index contributed by atoms with van der Waals surface area (Å²) in [5.74, 6) is 1.09. The van der Waals surface area contributed by atoms with Crippen LogP contribution >= 0.6 is 0 Å². The average molecular weight is 752 g/mol. The SMILES string of the molecule is COc1ccc(C(N[13c]2n[13c](OC)[13c]3ncn([C@H]4C[C@H](OCc5ccccc5)[C@@H](COCc5ccccc5)[C@@H]4O)[13c]3n2)(c2ccccc2)c2ccccc2)cc1. The number of aliphatic hydroxyl groups is 1. The predicted molar refractivity (Wildman–Crippen MR) is 216 cm³/mol. The number of ether oxygens (including phenoxy) is 4. The molecule has 0 saturated heterocycles. The number of benzene rings is 5. The minimum absolute atomic E-state index is 0.288. The summed E-state index contributed by atoms with van der Waals surface area (Å²) in [5, 5.41) is 15.9. The van der Waals surface area contributed by atoms with Crippen LogP contribution in [-0.2, 0) is 28.2 Å². The number of rotatable bonds is 15. The molecule has 1 aliphatic carbocycles. The van der Waals surface area contributed by atoms with Gasteiger partial charge in [-0.3, -0.25) is 0 Å². The molecule has 0 spiro atoms. The molecule has 7 aromatic rings. The fourth-order valence-corrected chi connectivity index (χ4v) is 7.83. The molecule has 10 heteroatoms. The van der Waals surface area contributed by atoms with Crippen molar-refractivity contribution in [3.05, 3.63) is 180 Å². The summed E-state index contributed by atoms with van der Waals surface area (Å²) in [6.45, 7) is 1.18. The van der Waals surface area contributed by atoms with Crippen LogP contribution in [-0.4, -0.2) is 57.7 Å². The van der Waals surface area contributed by atoms with E-state index in [-0.39, 0.29) is 12.0 Å². The molecule has 0 radical (unpaired) electrons. The van der Waals surface area contributed by atoms with Gasteiger partial charge < -0.3 is 33.9 Å². The molecule has 2 N–H and O–H groups in total. The molecule has 1 aliphatic rings. The molecule has 2 heterocycles. The first kappa shape index (κ1) is 36.9. The molecule has 8 rings (SSSR count). The molecule has 1 saturated carbocycles. The molecule has 0 aliphatic heterocycles. The Morgan fingerprint density at radius 1 is 0.696 bits per heavy atom. The molecule has 0 unspecified atom stereocenters. The van der Waals surface area contributed by atoms with Crippen molar-refractivity contribution in [3.63, 3.8) is 0 Å². The van der Waals surface area contributed by atoms with E-state index < -0.39 is 17.7 Å². The maximum absolute atomic E-state index is 12.1. The summed E-state index contributed by atoms with van der Waals surface area (Å²) in [6.07, 6.45) is 1.14. The number of aliphatic hydroxyl groups excluding tert-OH is 1. The smallest absolute Gasteiger partial charge is 0.246 e. The monoisotopic (exact) mass is 751 g/mol. The second kappa shape index (κ2) is 16.7. The lowest BCUT2D eigenvalue weighted by molar-refractivity contribution is -0.0475. The Hall–Kier alpha value is -6.07. The fourth-order valence-electron chi connectivity index (χ4n) is 7.83. The topological polar surface area (TPSA) is 113 Å². The van der Waals surface area contributed by atoms with E-state index in [0.717, 1.165) is 33.6 Å². The first-order valence-corrected chi connectivity index (χ1v) is 18.8. The number of nitrogens with zero attached hydrogens (tertiary/aromatic N) is 4. The molecule has 0 bridgehead atoms. The standard InChI is InChI=1S/C46H45N5O5/c1-53-37-25-23-36(24-26-37)46(34-19-11-5-12-20-34,35-21-13-6-14-22-35)50-45-48-43-41(44(49-45)54-2)47-31-51(43)39-27-40(56-29-33-17-9-4-10-18-33)38(42(39)52)30-55-28-32-15-7-3-8-16-32/h3-26,31,38-40,42,52H,27-30H2,1-2H3,(H,48,49,50)/t38-,39+,40+,42+/m1/s1/i41+1,43+1,44+1,45+1. The van der Waals surface area contributed by atoms with Crippen LogP contribution in [0.5, 0.6) is 11.6 Å². The van der Waals surface area contributed by atoms with Gasteiger partial charge in [-0.15, -0.1) is 0 Å². The lowest BCUT2D eigenvalue weighted by atomic mass is 9.77. The van der Waals surface area contributed by atoms with Gasteiger partial charge in [0.05, 0.1) is 58.6 Å². The largest absolute Gasteiger partial charge is 0.497 e. The molecule has 0 amide bonds. The van der Waals surface area contributed by atoms with Crippen LogP contribution in [0.3, 0.4) is 0 Å². The highest BCUT2D eigenvalue weighted by Gasteiger charge is 2.45. The summed E-state index contributed by atoms with van der Waals surface area (Å²) < 4.78 is 26.1. The molecular weight excluding hydrogens is 707 g/mol. The van der Waals surface area contributed by atoms with Crippen molar-refractivity contribution in [1.29, 1.82) is 0 Å². The third-order valence-corrected chi connectivity index (χ3v) is 10.7. The summed E-state index contributed by atoms with van der Waals surface area (Å²) in [5.41, 5.74) is 5.14. The van der Waals surface area contributed by atoms with E-state index in [1.165, 1.54) is 0 Å². The molecule has 284 valence electrons. The van der Waals surface area contributed by atoms with Crippen molar-refractivity contribution >= 4 is 17.1 Å². The van der Waals surface area contributed by atoms with E-state index in [0.29, 0.717) is 49.2 Å². The minimum atomic E-state index is -0.928.